The van der Waals surface area contributed by atoms with E-state index in [4.69, 9.17) is 47.6 Å². The first-order valence-electron chi connectivity index (χ1n) is 3.80. The van der Waals surface area contributed by atoms with E-state index < -0.39 is 0 Å². The van der Waals surface area contributed by atoms with Gasteiger partial charge in [-0.1, -0.05) is 35.4 Å². The number of benzene rings is 1. The monoisotopic (exact) mass is 332 g/mol. The van der Waals surface area contributed by atoms with Crippen molar-refractivity contribution in [3.05, 3.63) is 36.2 Å². The molecule has 16 heavy (non-hydrogen) atoms. The second kappa shape index (κ2) is 6.56. The first-order chi connectivity index (χ1) is 7.08. The molecule has 1 aromatic heterocycles. The van der Waals surface area contributed by atoms with Crippen LogP contribution < -0.4 is 56.5 Å². The molecule has 0 aliphatic heterocycles. The third-order valence-electron chi connectivity index (χ3n) is 1.68. The first-order valence-corrected chi connectivity index (χ1v) is 6.19. The Hall–Kier alpha value is 1.44. The van der Waals surface area contributed by atoms with Crippen LogP contribution in [0, 0.1) is 7.91 Å². The van der Waals surface area contributed by atoms with Crippen molar-refractivity contribution in [3.8, 4) is 5.69 Å². The van der Waals surface area contributed by atoms with E-state index in [-0.39, 0.29) is 51.4 Å². The summed E-state index contributed by atoms with van der Waals surface area (Å²) in [7, 11) is 0. The number of halogens is 2. The molecule has 2 rings (SSSR count). The molecule has 0 amide bonds. The Morgan fingerprint density at radius 2 is 1.88 bits per heavy atom. The van der Waals surface area contributed by atoms with Crippen molar-refractivity contribution in [3.63, 3.8) is 0 Å². The van der Waals surface area contributed by atoms with E-state index in [2.05, 4.69) is 5.10 Å². The maximum absolute atomic E-state index is 5.89. The normalized spacial score (nSPS) is 9.88. The third-order valence-corrected chi connectivity index (χ3v) is 3.77. The van der Waals surface area contributed by atoms with Crippen LogP contribution in [-0.4, -0.2) is 4.68 Å². The Bertz CT molecular complexity index is 616. The van der Waals surface area contributed by atoms with Crippen LogP contribution in [0.4, 0.5) is 0 Å². The quantitative estimate of drug-likeness (QED) is 0.579. The summed E-state index contributed by atoms with van der Waals surface area (Å²) in [5.74, 6) is 0. The Morgan fingerprint density at radius 3 is 2.38 bits per heavy atom. The molecule has 0 atom stereocenters. The molecule has 1 heterocycles. The van der Waals surface area contributed by atoms with Crippen LogP contribution in [0.15, 0.2) is 18.2 Å². The number of aromatic nitrogens is 2. The van der Waals surface area contributed by atoms with Crippen LogP contribution in [-0.2, 0) is 0 Å². The molecule has 78 valence electrons. The summed E-state index contributed by atoms with van der Waals surface area (Å²) in [6.45, 7) is 0. The topological polar surface area (TPSA) is 19.0 Å². The molecule has 2 aromatic rings. The zero-order valence-electron chi connectivity index (χ0n) is 8.11. The molecule has 0 saturated heterocycles. The van der Waals surface area contributed by atoms with Crippen LogP contribution in [0.5, 0.6) is 0 Å². The molecule has 0 radical (unpaired) electrons. The molecule has 0 N–H and O–H groups in total. The Balaban J connectivity index is 0.00000128. The molecule has 0 fully saturated rings. The van der Waals surface area contributed by atoms with Gasteiger partial charge < -0.3 is 9.78 Å². The van der Waals surface area contributed by atoms with Crippen LogP contribution in [0.2, 0.25) is 10.0 Å². The van der Waals surface area contributed by atoms with Gasteiger partial charge in [-0.05, 0) is 30.4 Å². The Morgan fingerprint density at radius 1 is 1.19 bits per heavy atom. The molecule has 0 aliphatic rings. The van der Waals surface area contributed by atoms with Gasteiger partial charge in [-0.15, -0.1) is 11.3 Å². The first kappa shape index (κ1) is 15.5. The molecular weight excluding hydrogens is 330 g/mol. The summed E-state index contributed by atoms with van der Waals surface area (Å²) in [6, 6.07) is 5.19. The van der Waals surface area contributed by atoms with Crippen LogP contribution in [0.1, 0.15) is 0 Å². The van der Waals surface area contributed by atoms with Gasteiger partial charge in [-0.3, -0.25) is 0 Å². The fourth-order valence-corrected chi connectivity index (χ4v) is 2.70. The largest absolute Gasteiger partial charge is 1.00 e. The van der Waals surface area contributed by atoms with E-state index in [1.165, 1.54) is 11.3 Å². The van der Waals surface area contributed by atoms with Crippen LogP contribution in [0.3, 0.4) is 0 Å². The van der Waals surface area contributed by atoms with Gasteiger partial charge in [0.2, 0.25) is 0 Å². The van der Waals surface area contributed by atoms with Crippen LogP contribution >= 0.6 is 59.0 Å². The van der Waals surface area contributed by atoms with Gasteiger partial charge in [0, 0.05) is 9.64 Å². The minimum absolute atomic E-state index is 0. The Labute approximate surface area is 159 Å². The third kappa shape index (κ3) is 3.47. The summed E-state index contributed by atoms with van der Waals surface area (Å²) in [4.78, 5) is 0. The smallest absolute Gasteiger partial charge is 0.571 e. The van der Waals surface area contributed by atoms with E-state index in [1.807, 2.05) is 0 Å². The van der Waals surface area contributed by atoms with Gasteiger partial charge in [-0.25, -0.2) is 0 Å². The number of nitrogens with zero attached hydrogens (tertiary/aromatic N) is 2. The molecule has 0 bridgehead atoms. The molecular formula is C8H3Cl2KN2S3. The summed E-state index contributed by atoms with van der Waals surface area (Å²) in [5.41, 5.74) is 0.766. The maximum atomic E-state index is 5.89. The van der Waals surface area contributed by atoms with Crippen molar-refractivity contribution in [1.82, 2.24) is 9.78 Å². The number of hydrogen-bond acceptors (Lipinski definition) is 3. The van der Waals surface area contributed by atoms with Crippen molar-refractivity contribution in [2.75, 3.05) is 0 Å². The molecule has 2 nitrogen and oxygen atoms in total. The van der Waals surface area contributed by atoms with Crippen molar-refractivity contribution >= 4 is 59.0 Å². The van der Waals surface area contributed by atoms with Crippen molar-refractivity contribution in [1.29, 1.82) is 0 Å². The van der Waals surface area contributed by atoms with Gasteiger partial charge >= 0.3 is 51.4 Å². The number of hydrogen-bond donors (Lipinski definition) is 0. The SMILES string of the molecule is S=c1[n-]n(-c2ccc(Cl)c(Cl)c2)c(=S)s1.[K+]. The zero-order valence-corrected chi connectivity index (χ0v) is 15.2. The molecule has 0 unspecified atom stereocenters. The molecule has 0 spiro atoms. The Kier molecular flexibility index (Phi) is 6.35. The second-order valence-corrected chi connectivity index (χ2v) is 5.73. The molecule has 0 saturated carbocycles. The molecule has 0 aliphatic carbocycles. The standard InChI is InChI=1S/C8H4Cl2N2S3.K/c9-5-2-1-4(3-6(5)10)12-8(14)15-7(13)11-12;/h1-3H,(H,11,13);/q;+1/p-1. The second-order valence-electron chi connectivity index (χ2n) is 2.64. The predicted molar refractivity (Wildman–Crippen MR) is 68.7 cm³/mol. The average Bonchev–Trinajstić information content (AvgIpc) is 2.50. The maximum Gasteiger partial charge on any atom is 1.00 e. The number of rotatable bonds is 1. The summed E-state index contributed by atoms with van der Waals surface area (Å²) in [6.07, 6.45) is 0. The minimum atomic E-state index is 0. The van der Waals surface area contributed by atoms with E-state index in [0.29, 0.717) is 18.0 Å². The van der Waals surface area contributed by atoms with Crippen LogP contribution in [0.25, 0.3) is 5.69 Å². The van der Waals surface area contributed by atoms with E-state index >= 15 is 0 Å². The average molecular weight is 333 g/mol. The van der Waals surface area contributed by atoms with E-state index in [9.17, 15) is 0 Å². The van der Waals surface area contributed by atoms with E-state index in [0.717, 1.165) is 5.69 Å². The van der Waals surface area contributed by atoms with Crippen molar-refractivity contribution < 1.29 is 51.4 Å². The fourth-order valence-electron chi connectivity index (χ4n) is 1.04. The van der Waals surface area contributed by atoms with Gasteiger partial charge in [0.1, 0.15) is 3.95 Å². The summed E-state index contributed by atoms with van der Waals surface area (Å²) < 4.78 is 2.68. The van der Waals surface area contributed by atoms with Crippen molar-refractivity contribution in [2.45, 2.75) is 0 Å². The van der Waals surface area contributed by atoms with Crippen molar-refractivity contribution in [2.24, 2.45) is 0 Å². The van der Waals surface area contributed by atoms with Gasteiger partial charge in [0.15, 0.2) is 0 Å². The summed E-state index contributed by atoms with van der Waals surface area (Å²) in [5, 5.41) is 5.06. The fraction of sp³-hybridized carbons (Fsp3) is 0. The zero-order chi connectivity index (χ0) is 11.0. The molecule has 8 heteroatoms. The van der Waals surface area contributed by atoms with Gasteiger partial charge in [0.05, 0.1) is 10.0 Å². The molecule has 1 aromatic carbocycles. The summed E-state index contributed by atoms with van der Waals surface area (Å²) >= 11 is 23.0. The minimum Gasteiger partial charge on any atom is -0.571 e. The predicted octanol–water partition coefficient (Wildman–Crippen LogP) is 1.27. The van der Waals surface area contributed by atoms with E-state index in [1.54, 1.807) is 22.9 Å². The van der Waals surface area contributed by atoms with Gasteiger partial charge in [0.25, 0.3) is 0 Å². The van der Waals surface area contributed by atoms with Gasteiger partial charge in [-0.2, -0.15) is 0 Å².